The normalized spacial score (nSPS) is 11.2. The quantitative estimate of drug-likeness (QED) is 0.359. The van der Waals surface area contributed by atoms with E-state index in [4.69, 9.17) is 0 Å². The van der Waals surface area contributed by atoms with Gasteiger partial charge in [0.1, 0.15) is 17.2 Å². The van der Waals surface area contributed by atoms with Crippen LogP contribution in [0.5, 0.6) is 0 Å². The Kier molecular flexibility index (Phi) is 5.51. The number of hydrogen-bond acceptors (Lipinski definition) is 5. The zero-order valence-electron chi connectivity index (χ0n) is 18.5. The molecule has 6 nitrogen and oxygen atoms in total. The van der Waals surface area contributed by atoms with Gasteiger partial charge in [0, 0.05) is 34.8 Å². The van der Waals surface area contributed by atoms with Gasteiger partial charge < -0.3 is 10.4 Å². The summed E-state index contributed by atoms with van der Waals surface area (Å²) in [5.74, 6) is -0.355. The van der Waals surface area contributed by atoms with E-state index < -0.39 is 5.82 Å². The van der Waals surface area contributed by atoms with E-state index in [0.717, 1.165) is 0 Å². The molecule has 0 aliphatic rings. The Bertz CT molecular complexity index is 1530. The molecule has 0 amide bonds. The lowest BCUT2D eigenvalue weighted by Gasteiger charge is -2.16. The van der Waals surface area contributed by atoms with Crippen LogP contribution < -0.4 is 5.32 Å². The van der Waals surface area contributed by atoms with Gasteiger partial charge in [0.15, 0.2) is 5.82 Å². The second kappa shape index (κ2) is 8.64. The van der Waals surface area contributed by atoms with E-state index in [9.17, 15) is 13.9 Å². The third-order valence-electron chi connectivity index (χ3n) is 5.78. The molecule has 0 saturated heterocycles. The molecule has 8 heteroatoms. The molecule has 0 radical (unpaired) electrons. The number of rotatable bonds is 5. The summed E-state index contributed by atoms with van der Waals surface area (Å²) in [5, 5.41) is 17.9. The average molecular weight is 457 g/mol. The highest BCUT2D eigenvalue weighted by Gasteiger charge is 2.22. The highest BCUT2D eigenvalue weighted by molar-refractivity contribution is 5.88. The molecule has 0 atom stereocenters. The number of nitrogens with one attached hydrogen (secondary N) is 1. The Labute approximate surface area is 194 Å². The van der Waals surface area contributed by atoms with Crippen molar-refractivity contribution >= 4 is 22.5 Å². The van der Waals surface area contributed by atoms with Crippen LogP contribution in [0.4, 0.5) is 20.3 Å². The minimum absolute atomic E-state index is 0.176. The van der Waals surface area contributed by atoms with E-state index in [1.54, 1.807) is 35.9 Å². The first kappa shape index (κ1) is 21.7. The lowest BCUT2D eigenvalue weighted by atomic mass is 10.0. The molecule has 170 valence electrons. The minimum Gasteiger partial charge on any atom is -0.392 e. The van der Waals surface area contributed by atoms with Crippen molar-refractivity contribution in [1.82, 2.24) is 19.7 Å². The van der Waals surface area contributed by atoms with Crippen molar-refractivity contribution in [3.63, 3.8) is 0 Å². The second-order valence-electron chi connectivity index (χ2n) is 7.93. The van der Waals surface area contributed by atoms with Crippen LogP contribution in [-0.2, 0) is 6.61 Å². The maximum absolute atomic E-state index is 15.0. The van der Waals surface area contributed by atoms with Crippen LogP contribution in [0.25, 0.3) is 27.8 Å². The number of benzene rings is 3. The summed E-state index contributed by atoms with van der Waals surface area (Å²) in [6.07, 6.45) is 2.95. The first-order chi connectivity index (χ1) is 16.5. The summed E-state index contributed by atoms with van der Waals surface area (Å²) in [4.78, 5) is 8.34. The molecule has 3 aromatic carbocycles. The number of para-hydroxylation sites is 1. The summed E-state index contributed by atoms with van der Waals surface area (Å²) in [6.45, 7) is 3.31. The molecule has 2 aromatic heterocycles. The monoisotopic (exact) mass is 457 g/mol. The SMILES string of the molecule is Cc1nn(-c2cccc(F)c2C)c(Nc2ccccc2CO)c1-c1cc(F)c2nccnc2c1. The van der Waals surface area contributed by atoms with Crippen molar-refractivity contribution in [2.75, 3.05) is 5.32 Å². The Morgan fingerprint density at radius 2 is 1.74 bits per heavy atom. The maximum Gasteiger partial charge on any atom is 0.151 e. The van der Waals surface area contributed by atoms with Crippen LogP contribution in [-0.4, -0.2) is 24.9 Å². The predicted molar refractivity (Wildman–Crippen MR) is 127 cm³/mol. The van der Waals surface area contributed by atoms with E-state index in [0.29, 0.717) is 50.7 Å². The van der Waals surface area contributed by atoms with Crippen LogP contribution >= 0.6 is 0 Å². The van der Waals surface area contributed by atoms with Gasteiger partial charge in [-0.3, -0.25) is 4.98 Å². The molecule has 0 aliphatic heterocycles. The average Bonchev–Trinajstić information content (AvgIpc) is 3.16. The molecule has 0 saturated carbocycles. The number of anilines is 2. The number of fused-ring (bicyclic) bond motifs is 1. The lowest BCUT2D eigenvalue weighted by Crippen LogP contribution is -2.07. The molecule has 0 unspecified atom stereocenters. The topological polar surface area (TPSA) is 75.9 Å². The molecule has 2 N–H and O–H groups in total. The van der Waals surface area contributed by atoms with Gasteiger partial charge in [-0.2, -0.15) is 5.10 Å². The molecule has 0 spiro atoms. The third-order valence-corrected chi connectivity index (χ3v) is 5.78. The van der Waals surface area contributed by atoms with Crippen LogP contribution in [0.3, 0.4) is 0 Å². The molecular formula is C26H21F2N5O. The number of nitrogens with zero attached hydrogens (tertiary/aromatic N) is 4. The third kappa shape index (κ3) is 3.68. The number of aryl methyl sites for hydroxylation is 1. The van der Waals surface area contributed by atoms with Gasteiger partial charge in [0.25, 0.3) is 0 Å². The van der Waals surface area contributed by atoms with Crippen LogP contribution in [0, 0.1) is 25.5 Å². The predicted octanol–water partition coefficient (Wildman–Crippen LogP) is 5.61. The minimum atomic E-state index is -0.503. The van der Waals surface area contributed by atoms with Crippen molar-refractivity contribution in [3.05, 3.63) is 95.4 Å². The zero-order chi connectivity index (χ0) is 23.8. The Hall–Kier alpha value is -4.17. The Morgan fingerprint density at radius 3 is 2.56 bits per heavy atom. The van der Waals surface area contributed by atoms with E-state index in [2.05, 4.69) is 20.4 Å². The fourth-order valence-electron chi connectivity index (χ4n) is 4.07. The standard InChI is InChI=1S/C26H21F2N5O/c1-15-19(27)7-5-9-23(15)33-26(31-21-8-4-3-6-17(21)14-34)24(16(2)32-33)18-12-20(28)25-22(13-18)29-10-11-30-25/h3-13,31,34H,14H2,1-2H3. The van der Waals surface area contributed by atoms with Crippen LogP contribution in [0.2, 0.25) is 0 Å². The highest BCUT2D eigenvalue weighted by Crippen LogP contribution is 2.38. The van der Waals surface area contributed by atoms with Gasteiger partial charge in [-0.15, -0.1) is 0 Å². The number of halogens is 2. The lowest BCUT2D eigenvalue weighted by molar-refractivity contribution is 0.282. The van der Waals surface area contributed by atoms with Crippen molar-refractivity contribution in [2.24, 2.45) is 0 Å². The van der Waals surface area contributed by atoms with Crippen LogP contribution in [0.1, 0.15) is 16.8 Å². The van der Waals surface area contributed by atoms with E-state index >= 15 is 0 Å². The largest absolute Gasteiger partial charge is 0.392 e. The van der Waals surface area contributed by atoms with Crippen molar-refractivity contribution in [1.29, 1.82) is 0 Å². The number of aliphatic hydroxyl groups excluding tert-OH is 1. The molecule has 34 heavy (non-hydrogen) atoms. The summed E-state index contributed by atoms with van der Waals surface area (Å²) in [7, 11) is 0. The van der Waals surface area contributed by atoms with E-state index in [1.807, 2.05) is 25.1 Å². The van der Waals surface area contributed by atoms with Gasteiger partial charge in [0.2, 0.25) is 0 Å². The summed E-state index contributed by atoms with van der Waals surface area (Å²) < 4.78 is 31.0. The number of aromatic nitrogens is 4. The number of hydrogen-bond donors (Lipinski definition) is 2. The second-order valence-corrected chi connectivity index (χ2v) is 7.93. The maximum atomic E-state index is 15.0. The zero-order valence-corrected chi connectivity index (χ0v) is 18.5. The van der Waals surface area contributed by atoms with Gasteiger partial charge in [-0.1, -0.05) is 24.3 Å². The fraction of sp³-hybridized carbons (Fsp3) is 0.115. The molecule has 0 bridgehead atoms. The van der Waals surface area contributed by atoms with E-state index in [1.165, 1.54) is 24.5 Å². The fourth-order valence-corrected chi connectivity index (χ4v) is 4.07. The molecule has 5 rings (SSSR count). The molecule has 0 fully saturated rings. The molecular weight excluding hydrogens is 436 g/mol. The highest BCUT2D eigenvalue weighted by atomic mass is 19.1. The summed E-state index contributed by atoms with van der Waals surface area (Å²) in [6, 6.07) is 15.2. The van der Waals surface area contributed by atoms with Crippen LogP contribution in [0.15, 0.2) is 67.0 Å². The van der Waals surface area contributed by atoms with Crippen molar-refractivity contribution in [2.45, 2.75) is 20.5 Å². The molecule has 2 heterocycles. The van der Waals surface area contributed by atoms with Gasteiger partial charge >= 0.3 is 0 Å². The van der Waals surface area contributed by atoms with Gasteiger partial charge in [0.05, 0.1) is 23.5 Å². The summed E-state index contributed by atoms with van der Waals surface area (Å²) >= 11 is 0. The molecule has 0 aliphatic carbocycles. The number of aliphatic hydroxyl groups is 1. The summed E-state index contributed by atoms with van der Waals surface area (Å²) in [5.41, 5.74) is 4.66. The Balaban J connectivity index is 1.79. The first-order valence-corrected chi connectivity index (χ1v) is 10.7. The molecule has 5 aromatic rings. The van der Waals surface area contributed by atoms with Crippen molar-refractivity contribution in [3.8, 4) is 16.8 Å². The smallest absolute Gasteiger partial charge is 0.151 e. The Morgan fingerprint density at radius 1 is 0.941 bits per heavy atom. The first-order valence-electron chi connectivity index (χ1n) is 10.7. The van der Waals surface area contributed by atoms with Crippen molar-refractivity contribution < 1.29 is 13.9 Å². The van der Waals surface area contributed by atoms with Gasteiger partial charge in [-0.25, -0.2) is 18.4 Å². The van der Waals surface area contributed by atoms with E-state index in [-0.39, 0.29) is 17.9 Å². The van der Waals surface area contributed by atoms with Gasteiger partial charge in [-0.05, 0) is 49.7 Å².